The Morgan fingerprint density at radius 2 is 1.18 bits per heavy atom. The average Bonchev–Trinajstić information content (AvgIpc) is 2.94. The van der Waals surface area contributed by atoms with Crippen LogP contribution in [0, 0.1) is 0 Å². The van der Waals surface area contributed by atoms with Crippen molar-refractivity contribution in [2.45, 2.75) is 110 Å². The van der Waals surface area contributed by atoms with Gasteiger partial charge in [-0.3, -0.25) is 0 Å². The second kappa shape index (κ2) is 16.2. The van der Waals surface area contributed by atoms with Crippen LogP contribution in [0.15, 0.2) is 23.3 Å². The summed E-state index contributed by atoms with van der Waals surface area (Å²) in [6, 6.07) is 0. The van der Waals surface area contributed by atoms with Crippen LogP contribution in [-0.4, -0.2) is 0 Å². The van der Waals surface area contributed by atoms with Crippen LogP contribution in [0.1, 0.15) is 110 Å². The van der Waals surface area contributed by atoms with Crippen molar-refractivity contribution in [1.29, 1.82) is 0 Å². The van der Waals surface area contributed by atoms with E-state index in [4.69, 9.17) is 0 Å². The second-order valence-corrected chi connectivity index (χ2v) is 6.77. The van der Waals surface area contributed by atoms with Gasteiger partial charge in [0.2, 0.25) is 0 Å². The van der Waals surface area contributed by atoms with Gasteiger partial charge in [0.15, 0.2) is 0 Å². The SMILES string of the molecule is CCCCCCCCC1=C(CCCCCCCC)CC=C1.[Zr+2]. The number of unbranched alkanes of at least 4 members (excludes halogenated alkanes) is 10. The molecule has 0 aliphatic heterocycles. The Bertz CT molecular complexity index is 301. The maximum Gasteiger partial charge on any atom is 2.00 e. The zero-order chi connectivity index (χ0) is 15.2. The topological polar surface area (TPSA) is 0 Å². The molecular formula is C21H38Zr+2. The zero-order valence-corrected chi connectivity index (χ0v) is 17.7. The van der Waals surface area contributed by atoms with E-state index in [0.29, 0.717) is 0 Å². The molecule has 0 nitrogen and oxygen atoms in total. The van der Waals surface area contributed by atoms with Crippen LogP contribution in [0.5, 0.6) is 0 Å². The molecule has 1 heteroatoms. The van der Waals surface area contributed by atoms with Gasteiger partial charge in [-0.15, -0.1) is 0 Å². The standard InChI is InChI=1S/C21H38.Zr/c1-3-5-7-9-11-13-16-20-18-15-19-21(20)17-14-12-10-8-6-4-2;/h15,18H,3-14,16-17,19H2,1-2H3;/q;+2. The molecule has 0 fully saturated rings. The van der Waals surface area contributed by atoms with Gasteiger partial charge in [-0.25, -0.2) is 0 Å². The first-order chi connectivity index (χ1) is 10.4. The zero-order valence-electron chi connectivity index (χ0n) is 15.3. The van der Waals surface area contributed by atoms with Crippen molar-refractivity contribution < 1.29 is 26.2 Å². The van der Waals surface area contributed by atoms with Gasteiger partial charge < -0.3 is 0 Å². The molecule has 22 heavy (non-hydrogen) atoms. The van der Waals surface area contributed by atoms with Crippen LogP contribution in [0.3, 0.4) is 0 Å². The smallest absolute Gasteiger partial charge is 0.0802 e. The van der Waals surface area contributed by atoms with E-state index in [1.54, 1.807) is 11.1 Å². The Balaban J connectivity index is 0.00000441. The summed E-state index contributed by atoms with van der Waals surface area (Å²) in [6.45, 7) is 4.59. The average molecular weight is 382 g/mol. The second-order valence-electron chi connectivity index (χ2n) is 6.77. The predicted molar refractivity (Wildman–Crippen MR) is 96.8 cm³/mol. The molecule has 124 valence electrons. The molecule has 0 saturated heterocycles. The van der Waals surface area contributed by atoms with Crippen molar-refractivity contribution in [3.63, 3.8) is 0 Å². The Morgan fingerprint density at radius 1 is 0.682 bits per heavy atom. The molecule has 0 atom stereocenters. The molecule has 1 aliphatic rings. The normalized spacial score (nSPS) is 13.7. The summed E-state index contributed by atoms with van der Waals surface area (Å²) in [5, 5.41) is 0. The fourth-order valence-electron chi connectivity index (χ4n) is 3.33. The molecule has 0 aromatic rings. The molecule has 0 unspecified atom stereocenters. The fourth-order valence-corrected chi connectivity index (χ4v) is 3.33. The van der Waals surface area contributed by atoms with Crippen molar-refractivity contribution >= 4 is 0 Å². The summed E-state index contributed by atoms with van der Waals surface area (Å²) in [6.07, 6.45) is 25.8. The first-order valence-electron chi connectivity index (χ1n) is 9.76. The van der Waals surface area contributed by atoms with Crippen LogP contribution in [0.2, 0.25) is 0 Å². The minimum atomic E-state index is 0. The van der Waals surface area contributed by atoms with E-state index in [1.807, 2.05) is 0 Å². The number of hydrogen-bond donors (Lipinski definition) is 0. The van der Waals surface area contributed by atoms with Gasteiger partial charge in [0, 0.05) is 0 Å². The van der Waals surface area contributed by atoms with Gasteiger partial charge in [0.25, 0.3) is 0 Å². The largest absolute Gasteiger partial charge is 2.00 e. The molecule has 0 aromatic carbocycles. The molecule has 0 heterocycles. The van der Waals surface area contributed by atoms with Crippen LogP contribution < -0.4 is 0 Å². The first-order valence-corrected chi connectivity index (χ1v) is 9.76. The van der Waals surface area contributed by atoms with Crippen molar-refractivity contribution in [1.82, 2.24) is 0 Å². The molecule has 0 N–H and O–H groups in total. The Hall–Kier alpha value is 0.363. The van der Waals surface area contributed by atoms with E-state index in [-0.39, 0.29) is 26.2 Å². The number of rotatable bonds is 14. The summed E-state index contributed by atoms with van der Waals surface area (Å²) in [5.41, 5.74) is 3.46. The maximum atomic E-state index is 2.42. The minimum Gasteiger partial charge on any atom is -0.0802 e. The van der Waals surface area contributed by atoms with E-state index < -0.39 is 0 Å². The van der Waals surface area contributed by atoms with E-state index in [0.717, 1.165) is 0 Å². The Labute approximate surface area is 159 Å². The molecule has 1 aliphatic carbocycles. The molecule has 0 amide bonds. The quantitative estimate of drug-likeness (QED) is 0.270. The summed E-state index contributed by atoms with van der Waals surface area (Å²) in [7, 11) is 0. The minimum absolute atomic E-state index is 0. The molecule has 1 rings (SSSR count). The summed E-state index contributed by atoms with van der Waals surface area (Å²) < 4.78 is 0. The summed E-state index contributed by atoms with van der Waals surface area (Å²) in [4.78, 5) is 0. The van der Waals surface area contributed by atoms with E-state index >= 15 is 0 Å². The van der Waals surface area contributed by atoms with Crippen LogP contribution in [0.4, 0.5) is 0 Å². The van der Waals surface area contributed by atoms with Crippen molar-refractivity contribution in [3.8, 4) is 0 Å². The third kappa shape index (κ3) is 11.0. The molecule has 0 spiro atoms. The van der Waals surface area contributed by atoms with Gasteiger partial charge in [-0.2, -0.15) is 0 Å². The molecule has 0 bridgehead atoms. The third-order valence-electron chi connectivity index (χ3n) is 4.77. The summed E-state index contributed by atoms with van der Waals surface area (Å²) >= 11 is 0. The van der Waals surface area contributed by atoms with Gasteiger partial charge in [0.1, 0.15) is 0 Å². The molecule has 0 aromatic heterocycles. The number of hydrogen-bond acceptors (Lipinski definition) is 0. The Kier molecular flexibility index (Phi) is 16.5. The van der Waals surface area contributed by atoms with E-state index in [9.17, 15) is 0 Å². The van der Waals surface area contributed by atoms with Gasteiger partial charge >= 0.3 is 26.2 Å². The van der Waals surface area contributed by atoms with E-state index in [1.165, 1.54) is 96.3 Å². The maximum absolute atomic E-state index is 2.42. The predicted octanol–water partition coefficient (Wildman–Crippen LogP) is 7.74. The van der Waals surface area contributed by atoms with Crippen molar-refractivity contribution in [2.75, 3.05) is 0 Å². The molecule has 0 saturated carbocycles. The van der Waals surface area contributed by atoms with Crippen molar-refractivity contribution in [3.05, 3.63) is 23.3 Å². The molecule has 0 radical (unpaired) electrons. The van der Waals surface area contributed by atoms with Crippen LogP contribution in [-0.2, 0) is 26.2 Å². The van der Waals surface area contributed by atoms with Gasteiger partial charge in [0.05, 0.1) is 0 Å². The Morgan fingerprint density at radius 3 is 1.77 bits per heavy atom. The first kappa shape index (κ1) is 22.4. The van der Waals surface area contributed by atoms with Crippen LogP contribution >= 0.6 is 0 Å². The molecular weight excluding hydrogens is 343 g/mol. The number of allylic oxidation sites excluding steroid dienone is 4. The third-order valence-corrected chi connectivity index (χ3v) is 4.77. The fraction of sp³-hybridized carbons (Fsp3) is 0.810. The summed E-state index contributed by atoms with van der Waals surface area (Å²) in [5.74, 6) is 0. The van der Waals surface area contributed by atoms with Crippen LogP contribution in [0.25, 0.3) is 0 Å². The van der Waals surface area contributed by atoms with E-state index in [2.05, 4.69) is 26.0 Å². The van der Waals surface area contributed by atoms with Gasteiger partial charge in [-0.05, 0) is 37.7 Å². The van der Waals surface area contributed by atoms with Gasteiger partial charge in [-0.1, -0.05) is 95.8 Å². The monoisotopic (exact) mass is 380 g/mol. The van der Waals surface area contributed by atoms with Crippen molar-refractivity contribution in [2.24, 2.45) is 0 Å².